The van der Waals surface area contributed by atoms with Gasteiger partial charge < -0.3 is 10.5 Å². The molecule has 2 nitrogen and oxygen atoms in total. The zero-order chi connectivity index (χ0) is 13.8. The van der Waals surface area contributed by atoms with Gasteiger partial charge in [0.25, 0.3) is 0 Å². The molecule has 0 saturated carbocycles. The third kappa shape index (κ3) is 3.12. The van der Waals surface area contributed by atoms with Crippen LogP contribution in [0.4, 0.5) is 4.39 Å². The molecule has 2 N–H and O–H groups in total. The third-order valence-electron chi connectivity index (χ3n) is 3.01. The highest BCUT2D eigenvalue weighted by molar-refractivity contribution is 5.41. The van der Waals surface area contributed by atoms with Gasteiger partial charge in [0.15, 0.2) is 11.6 Å². The van der Waals surface area contributed by atoms with Crippen LogP contribution < -0.4 is 10.5 Å². The average Bonchev–Trinajstić information content (AvgIpc) is 2.38. The van der Waals surface area contributed by atoms with Gasteiger partial charge in [-0.1, -0.05) is 29.8 Å². The Morgan fingerprint density at radius 1 is 1.11 bits per heavy atom. The van der Waals surface area contributed by atoms with E-state index in [0.717, 1.165) is 11.1 Å². The lowest BCUT2D eigenvalue weighted by atomic mass is 10.1. The second-order valence-corrected chi connectivity index (χ2v) is 4.64. The molecule has 0 aromatic heterocycles. The van der Waals surface area contributed by atoms with Gasteiger partial charge in [0.1, 0.15) is 5.75 Å². The number of aryl methyl sites for hydroxylation is 2. The normalized spacial score (nSPS) is 10.5. The van der Waals surface area contributed by atoms with Crippen LogP contribution in [0.25, 0.3) is 0 Å². The fourth-order valence-corrected chi connectivity index (χ4v) is 1.98. The fraction of sp³-hybridized carbons (Fsp3) is 0.250. The predicted molar refractivity (Wildman–Crippen MR) is 75.1 cm³/mol. The summed E-state index contributed by atoms with van der Waals surface area (Å²) in [6, 6.07) is 11.0. The number of nitrogens with two attached hydrogens (primary N) is 1. The van der Waals surface area contributed by atoms with Gasteiger partial charge in [0, 0.05) is 0 Å². The first-order valence-corrected chi connectivity index (χ1v) is 6.34. The van der Waals surface area contributed by atoms with E-state index in [2.05, 4.69) is 0 Å². The van der Waals surface area contributed by atoms with Gasteiger partial charge in [-0.15, -0.1) is 0 Å². The highest BCUT2D eigenvalue weighted by Gasteiger charge is 2.10. The molecule has 3 heteroatoms. The topological polar surface area (TPSA) is 35.2 Å². The SMILES string of the molecule is Cc1ccc(Oc2cccc(C)c2F)c(CCN)c1. The van der Waals surface area contributed by atoms with Crippen LogP contribution in [-0.2, 0) is 6.42 Å². The second-order valence-electron chi connectivity index (χ2n) is 4.64. The van der Waals surface area contributed by atoms with Crippen molar-refractivity contribution in [2.75, 3.05) is 6.54 Å². The van der Waals surface area contributed by atoms with Gasteiger partial charge in [0.05, 0.1) is 0 Å². The van der Waals surface area contributed by atoms with Crippen molar-refractivity contribution in [3.05, 3.63) is 58.9 Å². The summed E-state index contributed by atoms with van der Waals surface area (Å²) in [4.78, 5) is 0. The van der Waals surface area contributed by atoms with E-state index in [1.165, 1.54) is 0 Å². The monoisotopic (exact) mass is 259 g/mol. The van der Waals surface area contributed by atoms with Crippen LogP contribution in [0.3, 0.4) is 0 Å². The van der Waals surface area contributed by atoms with Crippen molar-refractivity contribution in [1.82, 2.24) is 0 Å². The molecule has 100 valence electrons. The lowest BCUT2D eigenvalue weighted by molar-refractivity contribution is 0.435. The van der Waals surface area contributed by atoms with E-state index in [4.69, 9.17) is 10.5 Å². The molecule has 0 unspecified atom stereocenters. The molecule has 0 amide bonds. The van der Waals surface area contributed by atoms with Crippen molar-refractivity contribution in [1.29, 1.82) is 0 Å². The maximum atomic E-state index is 13.9. The Labute approximate surface area is 113 Å². The first kappa shape index (κ1) is 13.6. The summed E-state index contributed by atoms with van der Waals surface area (Å²) < 4.78 is 19.6. The Hall–Kier alpha value is -1.87. The highest BCUT2D eigenvalue weighted by Crippen LogP contribution is 2.29. The van der Waals surface area contributed by atoms with Gasteiger partial charge >= 0.3 is 0 Å². The maximum Gasteiger partial charge on any atom is 0.168 e. The molecule has 0 aliphatic rings. The van der Waals surface area contributed by atoms with Crippen LogP contribution in [0.1, 0.15) is 16.7 Å². The molecule has 0 heterocycles. The van der Waals surface area contributed by atoms with E-state index in [0.29, 0.717) is 24.3 Å². The van der Waals surface area contributed by atoms with Gasteiger partial charge in [0.2, 0.25) is 0 Å². The molecule has 0 spiro atoms. The van der Waals surface area contributed by atoms with Crippen molar-refractivity contribution in [2.45, 2.75) is 20.3 Å². The Balaban J connectivity index is 2.35. The van der Waals surface area contributed by atoms with Crippen LogP contribution in [-0.4, -0.2) is 6.54 Å². The average molecular weight is 259 g/mol. The number of hydrogen-bond acceptors (Lipinski definition) is 2. The summed E-state index contributed by atoms with van der Waals surface area (Å²) in [7, 11) is 0. The smallest absolute Gasteiger partial charge is 0.168 e. The van der Waals surface area contributed by atoms with Gasteiger partial charge in [-0.2, -0.15) is 0 Å². The van der Waals surface area contributed by atoms with E-state index in [1.807, 2.05) is 25.1 Å². The van der Waals surface area contributed by atoms with Crippen molar-refractivity contribution in [3.8, 4) is 11.5 Å². The van der Waals surface area contributed by atoms with Crippen LogP contribution in [0.2, 0.25) is 0 Å². The van der Waals surface area contributed by atoms with Crippen molar-refractivity contribution in [2.24, 2.45) is 5.73 Å². The maximum absolute atomic E-state index is 13.9. The standard InChI is InChI=1S/C16H18FNO/c1-11-6-7-14(13(10-11)8-9-18)19-15-5-3-4-12(2)16(15)17/h3-7,10H,8-9,18H2,1-2H3. The number of ether oxygens (including phenoxy) is 1. The van der Waals surface area contributed by atoms with Gasteiger partial charge in [-0.05, 0) is 50.1 Å². The summed E-state index contributed by atoms with van der Waals surface area (Å²) in [5, 5.41) is 0. The van der Waals surface area contributed by atoms with E-state index in [1.54, 1.807) is 25.1 Å². The molecule has 0 aliphatic carbocycles. The molecule has 0 radical (unpaired) electrons. The predicted octanol–water partition coefficient (Wildman–Crippen LogP) is 3.74. The van der Waals surface area contributed by atoms with E-state index < -0.39 is 0 Å². The largest absolute Gasteiger partial charge is 0.454 e. The lowest BCUT2D eigenvalue weighted by Gasteiger charge is -2.12. The zero-order valence-electron chi connectivity index (χ0n) is 11.2. The molecule has 19 heavy (non-hydrogen) atoms. The first-order chi connectivity index (χ1) is 9.11. The molecular formula is C16H18FNO. The molecule has 2 aromatic rings. The Morgan fingerprint density at radius 3 is 2.63 bits per heavy atom. The number of halogens is 1. The van der Waals surface area contributed by atoms with Crippen molar-refractivity contribution in [3.63, 3.8) is 0 Å². The summed E-state index contributed by atoms with van der Waals surface area (Å²) in [6.45, 7) is 4.27. The summed E-state index contributed by atoms with van der Waals surface area (Å²) in [5.74, 6) is 0.601. The second kappa shape index (κ2) is 5.85. The van der Waals surface area contributed by atoms with Crippen molar-refractivity contribution >= 4 is 0 Å². The van der Waals surface area contributed by atoms with Crippen LogP contribution in [0, 0.1) is 19.7 Å². The molecule has 0 fully saturated rings. The molecule has 0 saturated heterocycles. The minimum Gasteiger partial charge on any atom is -0.454 e. The molecule has 2 rings (SSSR count). The zero-order valence-corrected chi connectivity index (χ0v) is 11.2. The molecule has 0 bridgehead atoms. The fourth-order valence-electron chi connectivity index (χ4n) is 1.98. The number of hydrogen-bond donors (Lipinski definition) is 1. The summed E-state index contributed by atoms with van der Waals surface area (Å²) in [5.41, 5.74) is 8.31. The Kier molecular flexibility index (Phi) is 4.17. The minimum atomic E-state index is -0.318. The van der Waals surface area contributed by atoms with Crippen LogP contribution in [0.15, 0.2) is 36.4 Å². The van der Waals surface area contributed by atoms with Gasteiger partial charge in [-0.25, -0.2) is 4.39 Å². The summed E-state index contributed by atoms with van der Waals surface area (Å²) in [6.07, 6.45) is 0.713. The Bertz CT molecular complexity index is 581. The van der Waals surface area contributed by atoms with Crippen LogP contribution >= 0.6 is 0 Å². The molecular weight excluding hydrogens is 241 g/mol. The Morgan fingerprint density at radius 2 is 1.89 bits per heavy atom. The van der Waals surface area contributed by atoms with E-state index in [-0.39, 0.29) is 11.6 Å². The third-order valence-corrected chi connectivity index (χ3v) is 3.01. The molecule has 0 atom stereocenters. The quantitative estimate of drug-likeness (QED) is 0.907. The van der Waals surface area contributed by atoms with E-state index >= 15 is 0 Å². The minimum absolute atomic E-state index is 0.252. The van der Waals surface area contributed by atoms with Crippen LogP contribution in [0.5, 0.6) is 11.5 Å². The van der Waals surface area contributed by atoms with Crippen molar-refractivity contribution < 1.29 is 9.13 Å². The highest BCUT2D eigenvalue weighted by atomic mass is 19.1. The summed E-state index contributed by atoms with van der Waals surface area (Å²) >= 11 is 0. The first-order valence-electron chi connectivity index (χ1n) is 6.34. The van der Waals surface area contributed by atoms with Gasteiger partial charge in [-0.3, -0.25) is 0 Å². The van der Waals surface area contributed by atoms with E-state index in [9.17, 15) is 4.39 Å². The molecule has 0 aliphatic heterocycles. The lowest BCUT2D eigenvalue weighted by Crippen LogP contribution is -2.04. The number of benzene rings is 2. The molecule has 2 aromatic carbocycles. The number of rotatable bonds is 4.